The summed E-state index contributed by atoms with van der Waals surface area (Å²) in [6.45, 7) is 3.52. The number of nitrogens with one attached hydrogen (secondary N) is 1. The summed E-state index contributed by atoms with van der Waals surface area (Å²) in [5, 5.41) is 0. The van der Waals surface area contributed by atoms with Crippen LogP contribution < -0.4 is 0 Å². The van der Waals surface area contributed by atoms with Gasteiger partial charge in [-0.25, -0.2) is 18.2 Å². The van der Waals surface area contributed by atoms with Gasteiger partial charge in [-0.15, -0.1) is 0 Å². The molecule has 1 heterocycles. The van der Waals surface area contributed by atoms with Gasteiger partial charge in [0, 0.05) is 11.3 Å². The van der Waals surface area contributed by atoms with Gasteiger partial charge in [-0.3, -0.25) is 0 Å². The minimum absolute atomic E-state index is 0.107. The topological polar surface area (TPSA) is 28.7 Å². The van der Waals surface area contributed by atoms with E-state index in [0.717, 1.165) is 17.8 Å². The molecule has 94 valence electrons. The Bertz CT molecular complexity index is 657. The van der Waals surface area contributed by atoms with E-state index in [2.05, 4.69) is 9.97 Å². The molecule has 0 saturated heterocycles. The minimum Gasteiger partial charge on any atom is -0.347 e. The molecule has 0 atom stereocenters. The van der Waals surface area contributed by atoms with Crippen LogP contribution in [0.2, 0.25) is 0 Å². The standard InChI is InChI=1S/C12H9F3N2S/c1-5-6(2)17-12(18)11(16-5)7-3-8(13)10(15)9(14)4-7/h3-4H,1-2H3,(H,17,18). The van der Waals surface area contributed by atoms with Gasteiger partial charge in [0.1, 0.15) is 10.3 Å². The molecule has 2 aromatic rings. The summed E-state index contributed by atoms with van der Waals surface area (Å²) in [6.07, 6.45) is 0. The van der Waals surface area contributed by atoms with Crippen molar-refractivity contribution in [3.05, 3.63) is 45.6 Å². The van der Waals surface area contributed by atoms with Gasteiger partial charge in [-0.05, 0) is 26.0 Å². The van der Waals surface area contributed by atoms with Crippen molar-refractivity contribution in [2.45, 2.75) is 13.8 Å². The summed E-state index contributed by atoms with van der Waals surface area (Å²) >= 11 is 5.04. The Hall–Kier alpha value is -1.69. The molecular weight excluding hydrogens is 261 g/mol. The second-order valence-electron chi connectivity index (χ2n) is 3.88. The van der Waals surface area contributed by atoms with Crippen molar-refractivity contribution in [2.24, 2.45) is 0 Å². The Morgan fingerprint density at radius 2 is 1.67 bits per heavy atom. The van der Waals surface area contributed by atoms with Crippen molar-refractivity contribution < 1.29 is 13.2 Å². The third-order valence-electron chi connectivity index (χ3n) is 2.60. The summed E-state index contributed by atoms with van der Waals surface area (Å²) in [4.78, 5) is 7.04. The summed E-state index contributed by atoms with van der Waals surface area (Å²) in [6, 6.07) is 1.75. The molecule has 0 unspecified atom stereocenters. The van der Waals surface area contributed by atoms with Crippen LogP contribution in [0.3, 0.4) is 0 Å². The van der Waals surface area contributed by atoms with Crippen molar-refractivity contribution in [3.63, 3.8) is 0 Å². The van der Waals surface area contributed by atoms with Crippen LogP contribution in [0.15, 0.2) is 12.1 Å². The van der Waals surface area contributed by atoms with Gasteiger partial charge in [0.25, 0.3) is 0 Å². The van der Waals surface area contributed by atoms with Gasteiger partial charge < -0.3 is 4.98 Å². The first-order chi connectivity index (χ1) is 8.40. The van der Waals surface area contributed by atoms with Crippen molar-refractivity contribution >= 4 is 12.2 Å². The van der Waals surface area contributed by atoms with Gasteiger partial charge >= 0.3 is 0 Å². The normalized spacial score (nSPS) is 10.7. The van der Waals surface area contributed by atoms with Gasteiger partial charge in [-0.2, -0.15) is 0 Å². The van der Waals surface area contributed by atoms with E-state index in [1.165, 1.54) is 0 Å². The number of benzene rings is 1. The summed E-state index contributed by atoms with van der Waals surface area (Å²) in [5.41, 5.74) is 1.76. The SMILES string of the molecule is Cc1nc(-c2cc(F)c(F)c(F)c2)c(=S)[nH]c1C. The molecule has 0 amide bonds. The first-order valence-corrected chi connectivity index (χ1v) is 5.53. The Morgan fingerprint density at radius 1 is 1.11 bits per heavy atom. The zero-order valence-electron chi connectivity index (χ0n) is 9.64. The van der Waals surface area contributed by atoms with Crippen molar-refractivity contribution in [3.8, 4) is 11.3 Å². The molecule has 1 aromatic heterocycles. The summed E-state index contributed by atoms with van der Waals surface area (Å²) in [5.74, 6) is -4.03. The predicted molar refractivity (Wildman–Crippen MR) is 64.2 cm³/mol. The Balaban J connectivity index is 2.70. The molecule has 2 rings (SSSR count). The fraction of sp³-hybridized carbons (Fsp3) is 0.167. The lowest BCUT2D eigenvalue weighted by Gasteiger charge is -2.06. The Kier molecular flexibility index (Phi) is 3.21. The van der Waals surface area contributed by atoms with Crippen LogP contribution in [-0.2, 0) is 0 Å². The van der Waals surface area contributed by atoms with Crippen molar-refractivity contribution in [1.29, 1.82) is 0 Å². The molecule has 1 N–H and O–H groups in total. The molecule has 0 fully saturated rings. The van der Waals surface area contributed by atoms with Crippen molar-refractivity contribution in [1.82, 2.24) is 9.97 Å². The molecule has 0 bridgehead atoms. The molecule has 0 aliphatic carbocycles. The Morgan fingerprint density at radius 3 is 2.22 bits per heavy atom. The highest BCUT2D eigenvalue weighted by molar-refractivity contribution is 7.71. The second-order valence-corrected chi connectivity index (χ2v) is 4.29. The van der Waals surface area contributed by atoms with Crippen LogP contribution in [0.25, 0.3) is 11.3 Å². The molecule has 1 aromatic carbocycles. The largest absolute Gasteiger partial charge is 0.347 e. The fourth-order valence-electron chi connectivity index (χ4n) is 1.51. The monoisotopic (exact) mass is 270 g/mol. The van der Waals surface area contributed by atoms with Gasteiger partial charge in [0.05, 0.1) is 5.69 Å². The number of H-pyrrole nitrogens is 1. The lowest BCUT2D eigenvalue weighted by atomic mass is 10.1. The van der Waals surface area contributed by atoms with Crippen LogP contribution in [-0.4, -0.2) is 9.97 Å². The highest BCUT2D eigenvalue weighted by atomic mass is 32.1. The molecule has 18 heavy (non-hydrogen) atoms. The average molecular weight is 270 g/mol. The zero-order valence-corrected chi connectivity index (χ0v) is 10.5. The van der Waals surface area contributed by atoms with E-state index in [1.54, 1.807) is 13.8 Å². The molecule has 0 aliphatic heterocycles. The first kappa shape index (κ1) is 12.8. The number of aromatic amines is 1. The minimum atomic E-state index is -1.50. The number of aromatic nitrogens is 2. The number of nitrogens with zero attached hydrogens (tertiary/aromatic N) is 1. The van der Waals surface area contributed by atoms with Crippen molar-refractivity contribution in [2.75, 3.05) is 0 Å². The predicted octanol–water partition coefficient (Wildman–Crippen LogP) is 3.84. The lowest BCUT2D eigenvalue weighted by molar-refractivity contribution is 0.447. The van der Waals surface area contributed by atoms with E-state index in [1.807, 2.05) is 0 Å². The maximum Gasteiger partial charge on any atom is 0.194 e. The number of aryl methyl sites for hydroxylation is 2. The van der Waals surface area contributed by atoms with E-state index in [-0.39, 0.29) is 15.9 Å². The number of halogens is 3. The second kappa shape index (κ2) is 4.53. The average Bonchev–Trinajstić information content (AvgIpc) is 2.30. The van der Waals surface area contributed by atoms with Gasteiger partial charge in [-0.1, -0.05) is 12.2 Å². The maximum atomic E-state index is 13.2. The van der Waals surface area contributed by atoms with E-state index in [4.69, 9.17) is 12.2 Å². The number of rotatable bonds is 1. The van der Waals surface area contributed by atoms with E-state index >= 15 is 0 Å². The van der Waals surface area contributed by atoms with Crippen LogP contribution in [0, 0.1) is 35.9 Å². The molecule has 0 radical (unpaired) electrons. The number of hydrogen-bond acceptors (Lipinski definition) is 2. The molecule has 0 saturated carbocycles. The first-order valence-electron chi connectivity index (χ1n) is 5.12. The van der Waals surface area contributed by atoms with Crippen LogP contribution in [0.4, 0.5) is 13.2 Å². The molecule has 6 heteroatoms. The molecule has 0 aliphatic rings. The van der Waals surface area contributed by atoms with Gasteiger partial charge in [0.15, 0.2) is 17.5 Å². The van der Waals surface area contributed by atoms with Crippen LogP contribution in [0.5, 0.6) is 0 Å². The molecule has 0 spiro atoms. The third-order valence-corrected chi connectivity index (χ3v) is 2.89. The lowest BCUT2D eigenvalue weighted by Crippen LogP contribution is -1.98. The summed E-state index contributed by atoms with van der Waals surface area (Å²) < 4.78 is 39.4. The number of hydrogen-bond donors (Lipinski definition) is 1. The van der Waals surface area contributed by atoms with E-state index in [9.17, 15) is 13.2 Å². The highest BCUT2D eigenvalue weighted by Crippen LogP contribution is 2.23. The van der Waals surface area contributed by atoms with Crippen LogP contribution in [0.1, 0.15) is 11.4 Å². The maximum absolute atomic E-state index is 13.2. The highest BCUT2D eigenvalue weighted by Gasteiger charge is 2.14. The van der Waals surface area contributed by atoms with Crippen LogP contribution >= 0.6 is 12.2 Å². The molecular formula is C12H9F3N2S. The van der Waals surface area contributed by atoms with E-state index < -0.39 is 17.5 Å². The summed E-state index contributed by atoms with van der Waals surface area (Å²) in [7, 11) is 0. The molecule has 2 nitrogen and oxygen atoms in total. The van der Waals surface area contributed by atoms with Gasteiger partial charge in [0.2, 0.25) is 0 Å². The fourth-order valence-corrected chi connectivity index (χ4v) is 1.83. The zero-order chi connectivity index (χ0) is 13.4. The van der Waals surface area contributed by atoms with E-state index in [0.29, 0.717) is 5.69 Å². The third kappa shape index (κ3) is 2.15. The quantitative estimate of drug-likeness (QED) is 0.630. The Labute approximate surface area is 107 Å². The smallest absolute Gasteiger partial charge is 0.194 e.